The molecular formula is C53H33NO2. The summed E-state index contributed by atoms with van der Waals surface area (Å²) in [5.74, 6) is 0.447. The first-order chi connectivity index (χ1) is 27.7. The van der Waals surface area contributed by atoms with E-state index in [4.69, 9.17) is 9.47 Å². The fourth-order valence-electron chi connectivity index (χ4n) is 16.1. The largest absolute Gasteiger partial charge is 0.382 e. The zero-order chi connectivity index (χ0) is 35.6. The van der Waals surface area contributed by atoms with Crippen LogP contribution >= 0.6 is 0 Å². The number of hydrogen-bond acceptors (Lipinski definition) is 3. The highest BCUT2D eigenvalue weighted by atomic mass is 16.5. The number of benzene rings is 9. The average Bonchev–Trinajstić information content (AvgIpc) is 4.05. The zero-order valence-corrected chi connectivity index (χ0v) is 31.3. The predicted molar refractivity (Wildman–Crippen MR) is 231 cm³/mol. The lowest BCUT2D eigenvalue weighted by molar-refractivity contribution is 0.0524. The van der Waals surface area contributed by atoms with Crippen molar-refractivity contribution in [3.05, 3.63) is 92.9 Å². The van der Waals surface area contributed by atoms with Crippen LogP contribution in [0.2, 0.25) is 0 Å². The molecule has 1 fully saturated rings. The summed E-state index contributed by atoms with van der Waals surface area (Å²) >= 11 is 0. The molecule has 3 atom stereocenters. The Morgan fingerprint density at radius 3 is 2.00 bits per heavy atom. The summed E-state index contributed by atoms with van der Waals surface area (Å²) in [7, 11) is 1.77. The molecule has 0 bridgehead atoms. The summed E-state index contributed by atoms with van der Waals surface area (Å²) in [5, 5.41) is 38.1. The molecule has 262 valence electrons. The Morgan fingerprint density at radius 1 is 0.607 bits per heavy atom. The van der Waals surface area contributed by atoms with E-state index in [2.05, 4.69) is 66.4 Å². The summed E-state index contributed by atoms with van der Waals surface area (Å²) in [5.41, 5.74) is 11.2. The van der Waals surface area contributed by atoms with E-state index in [1.165, 1.54) is 32.7 Å². The third kappa shape index (κ3) is 2.31. The number of rotatable bonds is 7. The molecule has 56 heavy (non-hydrogen) atoms. The van der Waals surface area contributed by atoms with Gasteiger partial charge >= 0.3 is 0 Å². The van der Waals surface area contributed by atoms with Crippen LogP contribution in [0.25, 0.3) is 130 Å². The van der Waals surface area contributed by atoms with E-state index in [0.717, 1.165) is 39.0 Å². The summed E-state index contributed by atoms with van der Waals surface area (Å²) in [4.78, 5) is 2.88. The fraction of sp³-hybridized carbons (Fsp3) is 0.245. The number of fused-ring (bicyclic) bond motifs is 1. The Morgan fingerprint density at radius 2 is 1.25 bits per heavy atom. The van der Waals surface area contributed by atoms with E-state index < -0.39 is 0 Å². The molecule has 13 aromatic rings. The Labute approximate surface area is 319 Å². The van der Waals surface area contributed by atoms with Gasteiger partial charge in [0.05, 0.1) is 19.8 Å². The van der Waals surface area contributed by atoms with Gasteiger partial charge in [-0.3, -0.25) is 4.90 Å². The smallest absolute Gasteiger partial charge is 0.0700 e. The highest BCUT2D eigenvalue weighted by molar-refractivity contribution is 6.63. The van der Waals surface area contributed by atoms with E-state index in [1.807, 2.05) is 0 Å². The van der Waals surface area contributed by atoms with E-state index in [9.17, 15) is 0 Å². The molecule has 3 nitrogen and oxygen atoms in total. The maximum Gasteiger partial charge on any atom is 0.0700 e. The molecule has 0 amide bonds. The Balaban J connectivity index is 1.12. The van der Waals surface area contributed by atoms with Gasteiger partial charge in [-0.15, -0.1) is 0 Å². The first kappa shape index (κ1) is 27.3. The normalized spacial score (nSPS) is 23.2. The molecule has 0 saturated carbocycles. The van der Waals surface area contributed by atoms with Crippen molar-refractivity contribution in [1.82, 2.24) is 4.90 Å². The van der Waals surface area contributed by atoms with Gasteiger partial charge in [0, 0.05) is 37.6 Å². The molecule has 13 aromatic carbocycles. The lowest BCUT2D eigenvalue weighted by Gasteiger charge is -2.43. The van der Waals surface area contributed by atoms with Gasteiger partial charge < -0.3 is 9.47 Å². The van der Waals surface area contributed by atoms with Gasteiger partial charge in [-0.2, -0.15) is 0 Å². The van der Waals surface area contributed by atoms with Gasteiger partial charge in [0.15, 0.2) is 0 Å². The maximum absolute atomic E-state index is 6.29. The van der Waals surface area contributed by atoms with Crippen molar-refractivity contribution in [2.24, 2.45) is 5.92 Å². The molecule has 1 saturated heterocycles. The lowest BCUT2D eigenvalue weighted by atomic mass is 9.60. The van der Waals surface area contributed by atoms with Crippen LogP contribution in [0.1, 0.15) is 40.3 Å². The van der Waals surface area contributed by atoms with Crippen LogP contribution in [-0.4, -0.2) is 44.9 Å². The van der Waals surface area contributed by atoms with Crippen LogP contribution in [0, 0.1) is 12.8 Å². The maximum atomic E-state index is 6.29. The second-order valence-corrected chi connectivity index (χ2v) is 19.1. The fourth-order valence-corrected chi connectivity index (χ4v) is 16.1. The third-order valence-corrected chi connectivity index (χ3v) is 17.2. The molecule has 0 N–H and O–H groups in total. The van der Waals surface area contributed by atoms with Crippen LogP contribution in [0.4, 0.5) is 0 Å². The third-order valence-electron chi connectivity index (χ3n) is 17.2. The topological polar surface area (TPSA) is 21.7 Å². The number of hydrogen-bond donors (Lipinski definition) is 0. The molecule has 5 aliphatic rings. The quantitative estimate of drug-likeness (QED) is 0.121. The molecule has 1 heterocycles. The summed E-state index contributed by atoms with van der Waals surface area (Å²) in [6.07, 6.45) is 3.33. The van der Waals surface area contributed by atoms with E-state index in [-0.39, 0.29) is 11.5 Å². The van der Waals surface area contributed by atoms with Crippen molar-refractivity contribution < 1.29 is 9.47 Å². The molecule has 0 radical (unpaired) electrons. The zero-order valence-electron chi connectivity index (χ0n) is 31.3. The van der Waals surface area contributed by atoms with Crippen LogP contribution in [-0.2, 0) is 27.7 Å². The molecule has 1 aliphatic heterocycles. The first-order valence-corrected chi connectivity index (χ1v) is 21.1. The Bertz CT molecular complexity index is 4100. The van der Waals surface area contributed by atoms with Crippen LogP contribution in [0.15, 0.2) is 54.6 Å². The van der Waals surface area contributed by atoms with Crippen LogP contribution in [0.5, 0.6) is 0 Å². The van der Waals surface area contributed by atoms with E-state index >= 15 is 0 Å². The molecule has 18 rings (SSSR count). The number of aryl methyl sites for hydroxylation is 1. The Hall–Kier alpha value is -5.32. The van der Waals surface area contributed by atoms with Gasteiger partial charge in [0.2, 0.25) is 0 Å². The van der Waals surface area contributed by atoms with Crippen molar-refractivity contribution in [3.8, 4) is 0 Å². The molecule has 3 heteroatoms. The van der Waals surface area contributed by atoms with Crippen molar-refractivity contribution in [2.45, 2.75) is 37.6 Å². The summed E-state index contributed by atoms with van der Waals surface area (Å²) < 4.78 is 11.7. The minimum atomic E-state index is -0.0419. The van der Waals surface area contributed by atoms with Gasteiger partial charge in [-0.25, -0.2) is 0 Å². The predicted octanol–water partition coefficient (Wildman–Crippen LogP) is 10.0. The first-order valence-electron chi connectivity index (χ1n) is 21.1. The lowest BCUT2D eigenvalue weighted by Crippen LogP contribution is -2.44. The van der Waals surface area contributed by atoms with Crippen molar-refractivity contribution >= 4 is 130 Å². The molecule has 0 aromatic heterocycles. The minimum Gasteiger partial charge on any atom is -0.382 e. The highest BCUT2D eigenvalue weighted by Gasteiger charge is 2.62. The highest BCUT2D eigenvalue weighted by Crippen LogP contribution is 2.70. The number of methoxy groups -OCH3 is 1. The van der Waals surface area contributed by atoms with Crippen LogP contribution < -0.4 is 10.4 Å². The van der Waals surface area contributed by atoms with E-state index in [0.29, 0.717) is 19.1 Å². The second kappa shape index (κ2) is 7.95. The van der Waals surface area contributed by atoms with Gasteiger partial charge in [0.1, 0.15) is 0 Å². The molecule has 1 spiro atoms. The van der Waals surface area contributed by atoms with Gasteiger partial charge in [-0.1, -0.05) is 53.1 Å². The van der Waals surface area contributed by atoms with Gasteiger partial charge in [0.25, 0.3) is 0 Å². The SMILES string of the molecule is COCCOCCN1CC2C3=c4c5c6c7c(cc8cc9cc%10cc%11cc%12c%13c(c4c4c5c5c7c8c7c9c%10c8c%11c%13c4c8c75)=C(C3)C%12)CC62C1c1cccc(C)c1. The summed E-state index contributed by atoms with van der Waals surface area (Å²) in [6, 6.07) is 22.9. The summed E-state index contributed by atoms with van der Waals surface area (Å²) in [6.45, 7) is 6.31. The van der Waals surface area contributed by atoms with Gasteiger partial charge in [-0.05, 0) is 196 Å². The Kier molecular flexibility index (Phi) is 3.88. The van der Waals surface area contributed by atoms with Crippen LogP contribution in [0.3, 0.4) is 0 Å². The number of nitrogens with zero attached hydrogens (tertiary/aromatic N) is 1. The standard InChI is InChI=1S/C53H33NO2/c1-20-4-3-5-21(10-20)52-53-18-28-16-26-14-23-11-22-12-25-13-24-15-27-17-29(30(53)19-54(52)6-7-56-9-8-55-2)38-43-34(27)33(24)40-35(25)39-31(22)32(23)41-36(26)42-37(28)51(53)50(38)49-47(42)45(41)44(39)46(40)48(43)49/h3-5,10-14,16,30,52H,6-9,15,17-19H2,1-2H3. The number of ether oxygens (including phenoxy) is 2. The molecule has 4 aliphatic carbocycles. The molecule has 3 unspecified atom stereocenters. The average molecular weight is 716 g/mol. The second-order valence-electron chi connectivity index (χ2n) is 19.1. The number of likely N-dealkylation sites (tertiary alicyclic amines) is 1. The van der Waals surface area contributed by atoms with Crippen molar-refractivity contribution in [1.29, 1.82) is 0 Å². The monoisotopic (exact) mass is 715 g/mol. The van der Waals surface area contributed by atoms with E-state index in [1.54, 1.807) is 142 Å². The molecular weight excluding hydrogens is 683 g/mol. The van der Waals surface area contributed by atoms with Crippen molar-refractivity contribution in [2.75, 3.05) is 40.0 Å². The minimum absolute atomic E-state index is 0.0419. The van der Waals surface area contributed by atoms with Crippen molar-refractivity contribution in [3.63, 3.8) is 0 Å².